The lowest BCUT2D eigenvalue weighted by molar-refractivity contribution is 0.284. The highest BCUT2D eigenvalue weighted by Gasteiger charge is 2.08. The largest absolute Gasteiger partial charge is 0.381 e. The first kappa shape index (κ1) is 15.0. The van der Waals surface area contributed by atoms with Crippen molar-refractivity contribution in [3.63, 3.8) is 0 Å². The van der Waals surface area contributed by atoms with E-state index < -0.39 is 0 Å². The summed E-state index contributed by atoms with van der Waals surface area (Å²) in [6, 6.07) is 0.494. The number of likely N-dealkylation sites (N-methyl/N-ethyl adjacent to an activating group) is 1. The number of aryl methyl sites for hydroxylation is 1. The molecule has 0 saturated heterocycles. The first-order valence-electron chi connectivity index (χ1n) is 6.17. The summed E-state index contributed by atoms with van der Waals surface area (Å²) >= 11 is 6.01. The number of aromatic nitrogens is 2. The molecule has 1 aromatic rings. The van der Waals surface area contributed by atoms with Gasteiger partial charge in [0.1, 0.15) is 5.02 Å². The molecule has 0 spiro atoms. The Morgan fingerprint density at radius 2 is 2.22 bits per heavy atom. The summed E-state index contributed by atoms with van der Waals surface area (Å²) in [7, 11) is 2.06. The van der Waals surface area contributed by atoms with E-state index in [1.54, 1.807) is 6.20 Å². The zero-order valence-electron chi connectivity index (χ0n) is 11.4. The van der Waals surface area contributed by atoms with Crippen LogP contribution in [0, 0.1) is 0 Å². The molecule has 6 heteroatoms. The Kier molecular flexibility index (Phi) is 5.62. The third kappa shape index (κ3) is 3.71. The van der Waals surface area contributed by atoms with E-state index in [9.17, 15) is 4.79 Å². The van der Waals surface area contributed by atoms with Crippen LogP contribution < -0.4 is 10.9 Å². The first-order chi connectivity index (χ1) is 8.47. The Hall–Kier alpha value is -1.07. The van der Waals surface area contributed by atoms with Gasteiger partial charge in [0.05, 0.1) is 11.9 Å². The molecule has 18 heavy (non-hydrogen) atoms. The van der Waals surface area contributed by atoms with Crippen LogP contribution in [0.2, 0.25) is 5.02 Å². The zero-order valence-corrected chi connectivity index (χ0v) is 12.2. The van der Waals surface area contributed by atoms with E-state index in [2.05, 4.69) is 36.2 Å². The topological polar surface area (TPSA) is 50.2 Å². The zero-order chi connectivity index (χ0) is 13.7. The molecule has 0 atom stereocenters. The Morgan fingerprint density at radius 1 is 1.56 bits per heavy atom. The summed E-state index contributed by atoms with van der Waals surface area (Å²) in [4.78, 5) is 14.0. The highest BCUT2D eigenvalue weighted by molar-refractivity contribution is 6.32. The van der Waals surface area contributed by atoms with E-state index in [1.165, 1.54) is 4.68 Å². The van der Waals surface area contributed by atoms with Crippen molar-refractivity contribution in [1.82, 2.24) is 14.7 Å². The minimum Gasteiger partial charge on any atom is -0.381 e. The Balaban J connectivity index is 2.64. The lowest BCUT2D eigenvalue weighted by Gasteiger charge is -2.21. The highest BCUT2D eigenvalue weighted by Crippen LogP contribution is 2.14. The van der Waals surface area contributed by atoms with Crippen LogP contribution in [0.1, 0.15) is 20.8 Å². The minimum atomic E-state index is -0.249. The van der Waals surface area contributed by atoms with Crippen molar-refractivity contribution < 1.29 is 0 Å². The molecular formula is C12H21ClN4O. The van der Waals surface area contributed by atoms with Crippen LogP contribution in [0.25, 0.3) is 0 Å². The van der Waals surface area contributed by atoms with Gasteiger partial charge >= 0.3 is 0 Å². The number of hydrogen-bond donors (Lipinski definition) is 1. The molecule has 1 N–H and O–H groups in total. The second-order valence-electron chi connectivity index (χ2n) is 4.49. The third-order valence-electron chi connectivity index (χ3n) is 2.95. The third-order valence-corrected chi connectivity index (χ3v) is 3.31. The average Bonchev–Trinajstić information content (AvgIpc) is 2.34. The van der Waals surface area contributed by atoms with Gasteiger partial charge in [-0.2, -0.15) is 5.10 Å². The second kappa shape index (κ2) is 6.75. The fraction of sp³-hybridized carbons (Fsp3) is 0.667. The molecule has 0 bridgehead atoms. The van der Waals surface area contributed by atoms with Crippen molar-refractivity contribution in [2.75, 3.05) is 25.5 Å². The SMILES string of the molecule is CCn1ncc(NCCN(C)C(C)C)c(Cl)c1=O. The van der Waals surface area contributed by atoms with Gasteiger partial charge in [-0.1, -0.05) is 11.6 Å². The molecule has 0 unspecified atom stereocenters. The summed E-state index contributed by atoms with van der Waals surface area (Å²) in [6.45, 7) is 8.26. The van der Waals surface area contributed by atoms with Gasteiger partial charge in [-0.3, -0.25) is 4.79 Å². The average molecular weight is 273 g/mol. The van der Waals surface area contributed by atoms with E-state index in [0.717, 1.165) is 13.1 Å². The van der Waals surface area contributed by atoms with Crippen LogP contribution in [-0.2, 0) is 6.54 Å². The standard InChI is InChI=1S/C12H21ClN4O/c1-5-17-12(18)11(13)10(8-15-17)14-6-7-16(4)9(2)3/h8-9,14H,5-7H2,1-4H3. The monoisotopic (exact) mass is 272 g/mol. The molecule has 0 amide bonds. The lowest BCUT2D eigenvalue weighted by Crippen LogP contribution is -2.31. The van der Waals surface area contributed by atoms with Crippen molar-refractivity contribution in [3.05, 3.63) is 21.6 Å². The number of rotatable bonds is 6. The van der Waals surface area contributed by atoms with Gasteiger partial charge in [0.25, 0.3) is 5.56 Å². The van der Waals surface area contributed by atoms with Crippen LogP contribution in [0.5, 0.6) is 0 Å². The summed E-state index contributed by atoms with van der Waals surface area (Å²) < 4.78 is 1.34. The van der Waals surface area contributed by atoms with Gasteiger partial charge in [0.15, 0.2) is 0 Å². The van der Waals surface area contributed by atoms with E-state index in [-0.39, 0.29) is 10.6 Å². The van der Waals surface area contributed by atoms with Gasteiger partial charge in [0, 0.05) is 25.7 Å². The Morgan fingerprint density at radius 3 is 2.78 bits per heavy atom. The van der Waals surface area contributed by atoms with Crippen molar-refractivity contribution in [1.29, 1.82) is 0 Å². The van der Waals surface area contributed by atoms with Crippen molar-refractivity contribution in [2.24, 2.45) is 0 Å². The van der Waals surface area contributed by atoms with Gasteiger partial charge < -0.3 is 10.2 Å². The number of nitrogens with zero attached hydrogens (tertiary/aromatic N) is 3. The molecule has 102 valence electrons. The van der Waals surface area contributed by atoms with Gasteiger partial charge in [-0.25, -0.2) is 4.68 Å². The Labute approximate surface area is 113 Å². The molecule has 1 heterocycles. The van der Waals surface area contributed by atoms with Gasteiger partial charge in [-0.05, 0) is 27.8 Å². The van der Waals surface area contributed by atoms with E-state index >= 15 is 0 Å². The summed E-state index contributed by atoms with van der Waals surface area (Å²) in [5.74, 6) is 0. The first-order valence-corrected chi connectivity index (χ1v) is 6.54. The van der Waals surface area contributed by atoms with Crippen LogP contribution in [0.4, 0.5) is 5.69 Å². The number of hydrogen-bond acceptors (Lipinski definition) is 4. The number of anilines is 1. The molecule has 0 saturated carbocycles. The molecule has 0 aromatic carbocycles. The molecular weight excluding hydrogens is 252 g/mol. The molecule has 0 fully saturated rings. The van der Waals surface area contributed by atoms with Crippen LogP contribution in [0.15, 0.2) is 11.0 Å². The lowest BCUT2D eigenvalue weighted by atomic mass is 10.3. The van der Waals surface area contributed by atoms with Crippen molar-refractivity contribution in [2.45, 2.75) is 33.4 Å². The maximum atomic E-state index is 11.7. The predicted molar refractivity (Wildman–Crippen MR) is 75.4 cm³/mol. The van der Waals surface area contributed by atoms with E-state index in [0.29, 0.717) is 18.3 Å². The van der Waals surface area contributed by atoms with Gasteiger partial charge in [0.2, 0.25) is 0 Å². The number of halogens is 1. The number of nitrogens with one attached hydrogen (secondary N) is 1. The van der Waals surface area contributed by atoms with Crippen molar-refractivity contribution in [3.8, 4) is 0 Å². The normalized spacial score (nSPS) is 11.3. The van der Waals surface area contributed by atoms with E-state index in [4.69, 9.17) is 11.6 Å². The summed E-state index contributed by atoms with van der Waals surface area (Å²) in [5, 5.41) is 7.38. The molecule has 1 rings (SSSR count). The predicted octanol–water partition coefficient (Wildman–Crippen LogP) is 1.67. The van der Waals surface area contributed by atoms with Crippen LogP contribution in [0.3, 0.4) is 0 Å². The molecule has 1 aromatic heterocycles. The van der Waals surface area contributed by atoms with E-state index in [1.807, 2.05) is 6.92 Å². The molecule has 0 aliphatic rings. The molecule has 0 aliphatic carbocycles. The summed E-state index contributed by atoms with van der Waals surface area (Å²) in [6.07, 6.45) is 1.60. The smallest absolute Gasteiger partial charge is 0.287 e. The van der Waals surface area contributed by atoms with Gasteiger partial charge in [-0.15, -0.1) is 0 Å². The fourth-order valence-electron chi connectivity index (χ4n) is 1.44. The fourth-order valence-corrected chi connectivity index (χ4v) is 1.65. The highest BCUT2D eigenvalue weighted by atomic mass is 35.5. The molecule has 5 nitrogen and oxygen atoms in total. The molecule has 0 aliphatic heterocycles. The van der Waals surface area contributed by atoms with Crippen LogP contribution >= 0.6 is 11.6 Å². The summed E-state index contributed by atoms with van der Waals surface area (Å²) in [5.41, 5.74) is 0.352. The second-order valence-corrected chi connectivity index (χ2v) is 4.87. The Bertz CT molecular complexity index is 444. The minimum absolute atomic E-state index is 0.207. The molecule has 0 radical (unpaired) electrons. The maximum absolute atomic E-state index is 11.7. The van der Waals surface area contributed by atoms with Crippen LogP contribution in [-0.4, -0.2) is 40.9 Å². The maximum Gasteiger partial charge on any atom is 0.287 e. The van der Waals surface area contributed by atoms with Crippen molar-refractivity contribution >= 4 is 17.3 Å². The quantitative estimate of drug-likeness (QED) is 0.856.